The van der Waals surface area contributed by atoms with Crippen LogP contribution in [0.25, 0.3) is 0 Å². The van der Waals surface area contributed by atoms with Gasteiger partial charge in [0.1, 0.15) is 6.54 Å². The van der Waals surface area contributed by atoms with Gasteiger partial charge >= 0.3 is 0 Å². The third kappa shape index (κ3) is 5.22. The monoisotopic (exact) mass is 418 g/mol. The molecule has 8 heteroatoms. The van der Waals surface area contributed by atoms with Crippen molar-refractivity contribution in [2.24, 2.45) is 0 Å². The molecule has 0 bridgehead atoms. The summed E-state index contributed by atoms with van der Waals surface area (Å²) in [6.45, 7) is 3.75. The van der Waals surface area contributed by atoms with Crippen molar-refractivity contribution in [3.63, 3.8) is 0 Å². The first-order valence-electron chi connectivity index (χ1n) is 9.73. The first-order chi connectivity index (χ1) is 13.9. The average Bonchev–Trinajstić information content (AvgIpc) is 3.25. The van der Waals surface area contributed by atoms with E-state index >= 15 is 0 Å². The van der Waals surface area contributed by atoms with E-state index in [2.05, 4.69) is 11.4 Å². The number of carbonyl (C=O) groups is 1. The molecule has 0 radical (unpaired) electrons. The predicted molar refractivity (Wildman–Crippen MR) is 110 cm³/mol. The summed E-state index contributed by atoms with van der Waals surface area (Å²) in [6.07, 6.45) is 2.54. The van der Waals surface area contributed by atoms with E-state index < -0.39 is 10.0 Å². The molecule has 7 nitrogen and oxygen atoms in total. The number of benzene rings is 2. The lowest BCUT2D eigenvalue weighted by molar-refractivity contribution is -0.901. The van der Waals surface area contributed by atoms with Crippen molar-refractivity contribution >= 4 is 15.9 Å². The molecule has 0 unspecified atom stereocenters. The SMILES string of the molecule is CON(C)S(=O)(=O)c1cccc(C(=O)NCc2ccccc2C[NH+]2CCCC2)c1. The molecule has 0 aliphatic carbocycles. The molecule has 1 amide bonds. The first kappa shape index (κ1) is 21.4. The molecular formula is C21H28N3O4S+. The van der Waals surface area contributed by atoms with E-state index in [0.717, 1.165) is 16.6 Å². The van der Waals surface area contributed by atoms with Crippen LogP contribution >= 0.6 is 0 Å². The summed E-state index contributed by atoms with van der Waals surface area (Å²) in [6, 6.07) is 14.1. The fourth-order valence-corrected chi connectivity index (χ4v) is 4.57. The molecule has 2 aromatic rings. The van der Waals surface area contributed by atoms with Crippen LogP contribution < -0.4 is 10.2 Å². The Morgan fingerprint density at radius 2 is 1.79 bits per heavy atom. The van der Waals surface area contributed by atoms with Crippen LogP contribution in [0.4, 0.5) is 0 Å². The molecule has 0 saturated carbocycles. The van der Waals surface area contributed by atoms with Gasteiger partial charge in [-0.3, -0.25) is 9.63 Å². The van der Waals surface area contributed by atoms with Crippen LogP contribution in [0, 0.1) is 0 Å². The quantitative estimate of drug-likeness (QED) is 0.627. The molecule has 29 heavy (non-hydrogen) atoms. The van der Waals surface area contributed by atoms with Crippen molar-refractivity contribution in [1.29, 1.82) is 0 Å². The Bertz CT molecular complexity index is 956. The summed E-state index contributed by atoms with van der Waals surface area (Å²) in [4.78, 5) is 19.0. The van der Waals surface area contributed by atoms with Gasteiger partial charge in [-0.2, -0.15) is 0 Å². The number of hydroxylamine groups is 1. The Hall–Kier alpha value is -2.26. The van der Waals surface area contributed by atoms with Crippen LogP contribution in [0.3, 0.4) is 0 Å². The third-order valence-electron chi connectivity index (χ3n) is 5.30. The lowest BCUT2D eigenvalue weighted by atomic mass is 10.1. The van der Waals surface area contributed by atoms with Gasteiger partial charge in [0, 0.05) is 37.6 Å². The maximum atomic E-state index is 12.6. The molecule has 1 aliphatic rings. The average molecular weight is 419 g/mol. The summed E-state index contributed by atoms with van der Waals surface area (Å²) < 4.78 is 25.6. The number of hydrogen-bond donors (Lipinski definition) is 2. The summed E-state index contributed by atoms with van der Waals surface area (Å²) in [7, 11) is -1.22. The zero-order valence-electron chi connectivity index (χ0n) is 16.8. The molecule has 1 saturated heterocycles. The van der Waals surface area contributed by atoms with Crippen LogP contribution in [0.15, 0.2) is 53.4 Å². The first-order valence-corrected chi connectivity index (χ1v) is 11.2. The number of amides is 1. The Morgan fingerprint density at radius 1 is 1.10 bits per heavy atom. The van der Waals surface area contributed by atoms with E-state index in [1.807, 2.05) is 18.2 Å². The van der Waals surface area contributed by atoms with Gasteiger partial charge in [-0.05, 0) is 23.8 Å². The molecule has 2 N–H and O–H groups in total. The number of nitrogens with zero attached hydrogens (tertiary/aromatic N) is 1. The molecule has 1 heterocycles. The molecular weight excluding hydrogens is 390 g/mol. The minimum absolute atomic E-state index is 0.00698. The molecule has 156 valence electrons. The number of nitrogens with one attached hydrogen (secondary N) is 2. The number of carbonyl (C=O) groups excluding carboxylic acids is 1. The van der Waals surface area contributed by atoms with E-state index in [-0.39, 0.29) is 10.8 Å². The molecule has 2 aromatic carbocycles. The molecule has 1 fully saturated rings. The highest BCUT2D eigenvalue weighted by Crippen LogP contribution is 2.16. The van der Waals surface area contributed by atoms with Crippen molar-refractivity contribution in [3.8, 4) is 0 Å². The van der Waals surface area contributed by atoms with Gasteiger partial charge in [-0.15, -0.1) is 0 Å². The lowest BCUT2D eigenvalue weighted by Crippen LogP contribution is -3.08. The van der Waals surface area contributed by atoms with E-state index in [1.54, 1.807) is 17.0 Å². The van der Waals surface area contributed by atoms with E-state index in [1.165, 1.54) is 57.8 Å². The second-order valence-electron chi connectivity index (χ2n) is 7.21. The minimum Gasteiger partial charge on any atom is -0.348 e. The van der Waals surface area contributed by atoms with Crippen LogP contribution in [0.5, 0.6) is 0 Å². The van der Waals surface area contributed by atoms with Gasteiger partial charge in [0.15, 0.2) is 0 Å². The molecule has 0 aromatic heterocycles. The predicted octanol–water partition coefficient (Wildman–Crippen LogP) is 0.977. The van der Waals surface area contributed by atoms with Crippen molar-refractivity contribution in [1.82, 2.24) is 9.79 Å². The van der Waals surface area contributed by atoms with Crippen molar-refractivity contribution in [2.75, 3.05) is 27.2 Å². The maximum absolute atomic E-state index is 12.6. The lowest BCUT2D eigenvalue weighted by Gasteiger charge is -2.16. The van der Waals surface area contributed by atoms with Crippen LogP contribution in [-0.2, 0) is 28.0 Å². The summed E-state index contributed by atoms with van der Waals surface area (Å²) in [5.74, 6) is -0.314. The van der Waals surface area contributed by atoms with Crippen LogP contribution in [0.2, 0.25) is 0 Å². The Morgan fingerprint density at radius 3 is 2.48 bits per heavy atom. The number of quaternary nitrogens is 1. The highest BCUT2D eigenvalue weighted by Gasteiger charge is 2.22. The normalized spacial score (nSPS) is 15.0. The third-order valence-corrected chi connectivity index (χ3v) is 6.97. The zero-order chi connectivity index (χ0) is 20.9. The highest BCUT2D eigenvalue weighted by molar-refractivity contribution is 7.89. The Labute approximate surface area is 172 Å². The second kappa shape index (κ2) is 9.49. The number of hydrogen-bond acceptors (Lipinski definition) is 4. The van der Waals surface area contributed by atoms with Gasteiger partial charge in [0.25, 0.3) is 15.9 Å². The number of likely N-dealkylation sites (tertiary alicyclic amines) is 1. The van der Waals surface area contributed by atoms with Gasteiger partial charge < -0.3 is 10.2 Å². The molecule has 3 rings (SSSR count). The van der Waals surface area contributed by atoms with E-state index in [9.17, 15) is 13.2 Å². The Kier molecular flexibility index (Phi) is 7.02. The topological polar surface area (TPSA) is 80.1 Å². The highest BCUT2D eigenvalue weighted by atomic mass is 32.2. The van der Waals surface area contributed by atoms with Crippen molar-refractivity contribution < 1.29 is 22.9 Å². The van der Waals surface area contributed by atoms with E-state index in [4.69, 9.17) is 4.84 Å². The van der Waals surface area contributed by atoms with Crippen molar-refractivity contribution in [2.45, 2.75) is 30.8 Å². The second-order valence-corrected chi connectivity index (χ2v) is 9.15. The molecule has 0 atom stereocenters. The molecule has 1 aliphatic heterocycles. The Balaban J connectivity index is 1.70. The van der Waals surface area contributed by atoms with Crippen molar-refractivity contribution in [3.05, 3.63) is 65.2 Å². The minimum atomic E-state index is -3.80. The van der Waals surface area contributed by atoms with Gasteiger partial charge in [-0.1, -0.05) is 34.8 Å². The summed E-state index contributed by atoms with van der Waals surface area (Å²) in [5, 5.41) is 2.91. The van der Waals surface area contributed by atoms with Gasteiger partial charge in [0.05, 0.1) is 25.1 Å². The van der Waals surface area contributed by atoms with Gasteiger partial charge in [-0.25, -0.2) is 8.42 Å². The fourth-order valence-electron chi connectivity index (χ4n) is 3.55. The number of rotatable bonds is 8. The standard InChI is InChI=1S/C21H27N3O4S/c1-23(28-2)29(26,27)20-11-7-10-17(14-20)21(25)22-15-18-8-3-4-9-19(18)16-24-12-5-6-13-24/h3-4,7-11,14H,5-6,12-13,15-16H2,1-2H3,(H,22,25)/p+1. The maximum Gasteiger partial charge on any atom is 0.264 e. The zero-order valence-corrected chi connectivity index (χ0v) is 17.7. The summed E-state index contributed by atoms with van der Waals surface area (Å²) >= 11 is 0. The van der Waals surface area contributed by atoms with Gasteiger partial charge in [0.2, 0.25) is 0 Å². The molecule has 0 spiro atoms. The summed E-state index contributed by atoms with van der Waals surface area (Å²) in [5.41, 5.74) is 2.61. The van der Waals surface area contributed by atoms with Crippen LogP contribution in [-0.4, -0.2) is 46.0 Å². The van der Waals surface area contributed by atoms with Crippen LogP contribution in [0.1, 0.15) is 34.3 Å². The van der Waals surface area contributed by atoms with E-state index in [0.29, 0.717) is 12.1 Å². The largest absolute Gasteiger partial charge is 0.348 e. The smallest absolute Gasteiger partial charge is 0.264 e. The number of sulfonamides is 1. The fraction of sp³-hybridized carbons (Fsp3) is 0.381.